The molecule has 8 heteroatoms. The van der Waals surface area contributed by atoms with E-state index in [1.165, 1.54) is 24.1 Å². The number of rotatable bonds is 3. The quantitative estimate of drug-likeness (QED) is 0.347. The predicted octanol–water partition coefficient (Wildman–Crippen LogP) is 3.49. The molecule has 1 fully saturated rings. The minimum absolute atomic E-state index is 0.0305. The van der Waals surface area contributed by atoms with Gasteiger partial charge in [0, 0.05) is 6.92 Å². The first-order valence-corrected chi connectivity index (χ1v) is 8.63. The van der Waals surface area contributed by atoms with Crippen LogP contribution in [0.15, 0.2) is 52.5 Å². The predicted molar refractivity (Wildman–Crippen MR) is 101 cm³/mol. The minimum atomic E-state index is -0.518. The zero-order chi connectivity index (χ0) is 18.8. The van der Waals surface area contributed by atoms with E-state index in [1.807, 2.05) is 6.07 Å². The van der Waals surface area contributed by atoms with Crippen LogP contribution < -0.4 is 15.2 Å². The Morgan fingerprint density at radius 1 is 1.23 bits per heavy atom. The van der Waals surface area contributed by atoms with E-state index in [0.29, 0.717) is 15.7 Å². The van der Waals surface area contributed by atoms with E-state index in [1.54, 1.807) is 30.3 Å². The Kier molecular flexibility index (Phi) is 5.11. The molecule has 0 aromatic heterocycles. The maximum Gasteiger partial charge on any atom is 0.308 e. The molecule has 2 amide bonds. The van der Waals surface area contributed by atoms with Gasteiger partial charge < -0.3 is 4.74 Å². The second kappa shape index (κ2) is 7.31. The van der Waals surface area contributed by atoms with Crippen molar-refractivity contribution in [2.75, 3.05) is 5.01 Å². The fraction of sp³-hybridized carbons (Fsp3) is 0.0556. The molecular formula is C18H12BrClN2O4. The Labute approximate surface area is 162 Å². The summed E-state index contributed by atoms with van der Waals surface area (Å²) >= 11 is 9.40. The molecule has 1 heterocycles. The Morgan fingerprint density at radius 2 is 1.92 bits per heavy atom. The summed E-state index contributed by atoms with van der Waals surface area (Å²) in [5.74, 6) is -1.33. The molecule has 0 unspecified atom stereocenters. The Balaban J connectivity index is 1.94. The lowest BCUT2D eigenvalue weighted by Gasteiger charge is -2.13. The SMILES string of the molecule is CC(=O)Oc1c(Cl)cc(C=C2C(=O)NN(c3ccccc3)C2=O)cc1Br. The molecule has 132 valence electrons. The van der Waals surface area contributed by atoms with Crippen molar-refractivity contribution < 1.29 is 19.1 Å². The van der Waals surface area contributed by atoms with Gasteiger partial charge in [-0.25, -0.2) is 5.01 Å². The zero-order valence-electron chi connectivity index (χ0n) is 13.5. The van der Waals surface area contributed by atoms with Gasteiger partial charge in [-0.2, -0.15) is 0 Å². The fourth-order valence-corrected chi connectivity index (χ4v) is 3.33. The Hall–Kier alpha value is -2.64. The average molecular weight is 436 g/mol. The van der Waals surface area contributed by atoms with Crippen LogP contribution in [0, 0.1) is 0 Å². The first-order valence-electron chi connectivity index (χ1n) is 7.46. The Morgan fingerprint density at radius 3 is 2.54 bits per heavy atom. The van der Waals surface area contributed by atoms with Gasteiger partial charge in [0.05, 0.1) is 15.2 Å². The number of carbonyl (C=O) groups excluding carboxylic acids is 3. The maximum atomic E-state index is 12.6. The standard InChI is InChI=1S/C18H12BrClN2O4/c1-10(23)26-16-14(19)8-11(9-15(16)20)7-13-17(24)21-22(18(13)25)12-5-3-2-4-6-12/h2-9H,1H3,(H,21,24). The number of para-hydroxylation sites is 1. The third kappa shape index (κ3) is 3.63. The Bertz CT molecular complexity index is 920. The highest BCUT2D eigenvalue weighted by atomic mass is 79.9. The number of hydrazine groups is 1. The van der Waals surface area contributed by atoms with Gasteiger partial charge >= 0.3 is 5.97 Å². The van der Waals surface area contributed by atoms with Gasteiger partial charge in [-0.15, -0.1) is 0 Å². The molecule has 2 aromatic carbocycles. The number of nitrogens with one attached hydrogen (secondary N) is 1. The second-order valence-corrected chi connectivity index (χ2v) is 6.64. The van der Waals surface area contributed by atoms with Crippen LogP contribution in [0.2, 0.25) is 5.02 Å². The van der Waals surface area contributed by atoms with Crippen LogP contribution in [-0.2, 0) is 14.4 Å². The van der Waals surface area contributed by atoms with Gasteiger partial charge in [-0.05, 0) is 51.8 Å². The van der Waals surface area contributed by atoms with Crippen LogP contribution in [-0.4, -0.2) is 17.8 Å². The van der Waals surface area contributed by atoms with Crippen LogP contribution in [0.4, 0.5) is 5.69 Å². The number of nitrogens with zero attached hydrogens (tertiary/aromatic N) is 1. The van der Waals surface area contributed by atoms with Crippen molar-refractivity contribution in [3.8, 4) is 5.75 Å². The summed E-state index contributed by atoms with van der Waals surface area (Å²) in [7, 11) is 0. The molecule has 1 saturated heterocycles. The first kappa shape index (κ1) is 18.2. The van der Waals surface area contributed by atoms with Crippen LogP contribution in [0.25, 0.3) is 6.08 Å². The molecule has 0 atom stereocenters. The van der Waals surface area contributed by atoms with Crippen molar-refractivity contribution in [2.45, 2.75) is 6.92 Å². The number of halogens is 2. The number of hydrogen-bond donors (Lipinski definition) is 1. The molecule has 6 nitrogen and oxygen atoms in total. The summed E-state index contributed by atoms with van der Waals surface area (Å²) in [5.41, 5.74) is 3.55. The average Bonchev–Trinajstić information content (AvgIpc) is 2.87. The van der Waals surface area contributed by atoms with E-state index in [-0.39, 0.29) is 16.3 Å². The molecule has 1 aliphatic rings. The van der Waals surface area contributed by atoms with E-state index in [9.17, 15) is 14.4 Å². The molecule has 0 bridgehead atoms. The molecule has 2 aromatic rings. The number of amides is 2. The fourth-order valence-electron chi connectivity index (χ4n) is 2.39. The van der Waals surface area contributed by atoms with E-state index < -0.39 is 17.8 Å². The normalized spacial score (nSPS) is 15.3. The molecule has 0 aliphatic carbocycles. The highest BCUT2D eigenvalue weighted by molar-refractivity contribution is 9.10. The van der Waals surface area contributed by atoms with Crippen molar-refractivity contribution in [1.82, 2.24) is 5.43 Å². The van der Waals surface area contributed by atoms with Crippen LogP contribution in [0.5, 0.6) is 5.75 Å². The van der Waals surface area contributed by atoms with Crippen molar-refractivity contribution >= 4 is 57.1 Å². The van der Waals surface area contributed by atoms with Gasteiger partial charge in [0.15, 0.2) is 5.75 Å². The topological polar surface area (TPSA) is 75.7 Å². The van der Waals surface area contributed by atoms with Gasteiger partial charge in [-0.3, -0.25) is 19.8 Å². The van der Waals surface area contributed by atoms with E-state index in [2.05, 4.69) is 21.4 Å². The third-order valence-corrected chi connectivity index (χ3v) is 4.35. The van der Waals surface area contributed by atoms with E-state index >= 15 is 0 Å². The van der Waals surface area contributed by atoms with Crippen molar-refractivity contribution in [3.05, 3.63) is 63.1 Å². The van der Waals surface area contributed by atoms with Crippen molar-refractivity contribution in [1.29, 1.82) is 0 Å². The first-order chi connectivity index (χ1) is 12.4. The monoisotopic (exact) mass is 434 g/mol. The number of ether oxygens (including phenoxy) is 1. The van der Waals surface area contributed by atoms with Gasteiger partial charge in [-0.1, -0.05) is 29.8 Å². The number of hydrogen-bond acceptors (Lipinski definition) is 4. The number of anilines is 1. The lowest BCUT2D eigenvalue weighted by atomic mass is 10.1. The lowest BCUT2D eigenvalue weighted by molar-refractivity contribution is -0.132. The highest BCUT2D eigenvalue weighted by Crippen LogP contribution is 2.35. The minimum Gasteiger partial charge on any atom is -0.424 e. The third-order valence-electron chi connectivity index (χ3n) is 3.48. The number of benzene rings is 2. The van der Waals surface area contributed by atoms with Crippen LogP contribution in [0.3, 0.4) is 0 Å². The van der Waals surface area contributed by atoms with Crippen LogP contribution in [0.1, 0.15) is 12.5 Å². The van der Waals surface area contributed by atoms with E-state index in [0.717, 1.165) is 0 Å². The highest BCUT2D eigenvalue weighted by Gasteiger charge is 2.34. The summed E-state index contributed by atoms with van der Waals surface area (Å²) in [6, 6.07) is 11.9. The van der Waals surface area contributed by atoms with Gasteiger partial charge in [0.1, 0.15) is 5.57 Å². The maximum absolute atomic E-state index is 12.6. The molecule has 1 aliphatic heterocycles. The zero-order valence-corrected chi connectivity index (χ0v) is 15.8. The number of carbonyl (C=O) groups is 3. The lowest BCUT2D eigenvalue weighted by Crippen LogP contribution is -2.35. The molecule has 26 heavy (non-hydrogen) atoms. The smallest absolute Gasteiger partial charge is 0.308 e. The summed E-state index contributed by atoms with van der Waals surface area (Å²) in [4.78, 5) is 35.9. The largest absolute Gasteiger partial charge is 0.424 e. The molecular weight excluding hydrogens is 424 g/mol. The number of esters is 1. The molecule has 1 N–H and O–H groups in total. The van der Waals surface area contributed by atoms with Crippen LogP contribution >= 0.6 is 27.5 Å². The summed E-state index contributed by atoms with van der Waals surface area (Å²) < 4.78 is 5.45. The molecule has 0 spiro atoms. The molecule has 0 radical (unpaired) electrons. The van der Waals surface area contributed by atoms with Gasteiger partial charge in [0.25, 0.3) is 11.8 Å². The second-order valence-electron chi connectivity index (χ2n) is 5.38. The molecule has 3 rings (SSSR count). The summed E-state index contributed by atoms with van der Waals surface area (Å²) in [5, 5.41) is 1.35. The molecule has 0 saturated carbocycles. The van der Waals surface area contributed by atoms with Crippen molar-refractivity contribution in [2.24, 2.45) is 0 Å². The summed E-state index contributed by atoms with van der Waals surface area (Å²) in [6.07, 6.45) is 1.43. The van der Waals surface area contributed by atoms with Gasteiger partial charge in [0.2, 0.25) is 0 Å². The summed E-state index contributed by atoms with van der Waals surface area (Å²) in [6.45, 7) is 1.26. The van der Waals surface area contributed by atoms with E-state index in [4.69, 9.17) is 16.3 Å². The van der Waals surface area contributed by atoms with Crippen molar-refractivity contribution in [3.63, 3.8) is 0 Å².